The number of benzene rings is 2. The maximum absolute atomic E-state index is 12.5. The van der Waals surface area contributed by atoms with Crippen LogP contribution in [0.3, 0.4) is 0 Å². The number of ketones is 1. The molecule has 0 aliphatic carbocycles. The van der Waals surface area contributed by atoms with E-state index in [0.29, 0.717) is 15.6 Å². The molecule has 2 heterocycles. The predicted molar refractivity (Wildman–Crippen MR) is 105 cm³/mol. The van der Waals surface area contributed by atoms with Crippen LogP contribution in [0.4, 0.5) is 5.13 Å². The van der Waals surface area contributed by atoms with Crippen LogP contribution < -0.4 is 5.32 Å². The zero-order valence-corrected chi connectivity index (χ0v) is 15.4. The lowest BCUT2D eigenvalue weighted by Crippen LogP contribution is -2.09. The monoisotopic (exact) mass is 379 g/mol. The van der Waals surface area contributed by atoms with Gasteiger partial charge in [-0.3, -0.25) is 14.9 Å². The van der Waals surface area contributed by atoms with Gasteiger partial charge in [-0.2, -0.15) is 0 Å². The number of anilines is 1. The molecule has 0 aliphatic rings. The molecule has 5 nitrogen and oxygen atoms in total. The summed E-state index contributed by atoms with van der Waals surface area (Å²) in [6.07, 6.45) is 1.57. The Morgan fingerprint density at radius 3 is 2.62 bits per heavy atom. The highest BCUT2D eigenvalue weighted by molar-refractivity contribution is 7.22. The van der Waals surface area contributed by atoms with Gasteiger partial charge in [0.2, 0.25) is 0 Å². The van der Waals surface area contributed by atoms with Crippen molar-refractivity contribution in [1.82, 2.24) is 9.97 Å². The number of carbonyl (C=O) groups excluding carboxylic acids is 2. The number of nitrogens with zero attached hydrogens (tertiary/aromatic N) is 2. The highest BCUT2D eigenvalue weighted by Crippen LogP contribution is 2.29. The molecule has 0 atom stereocenters. The van der Waals surface area contributed by atoms with Crippen molar-refractivity contribution in [2.24, 2.45) is 0 Å². The maximum Gasteiger partial charge on any atom is 0.269 e. The Kier molecular flexibility index (Phi) is 4.32. The van der Waals surface area contributed by atoms with Crippen LogP contribution in [-0.4, -0.2) is 21.7 Å². The Morgan fingerprint density at radius 2 is 1.85 bits per heavy atom. The van der Waals surface area contributed by atoms with Crippen molar-refractivity contribution in [3.63, 3.8) is 0 Å². The van der Waals surface area contributed by atoms with Crippen molar-refractivity contribution in [1.29, 1.82) is 0 Å². The van der Waals surface area contributed by atoms with Crippen molar-refractivity contribution >= 4 is 49.7 Å². The summed E-state index contributed by atoms with van der Waals surface area (Å²) < 4.78 is 0.863. The molecule has 0 spiro atoms. The number of thiazole rings is 2. The summed E-state index contributed by atoms with van der Waals surface area (Å²) in [5.74, 6) is -0.237. The fourth-order valence-electron chi connectivity index (χ4n) is 2.45. The molecule has 1 amide bonds. The van der Waals surface area contributed by atoms with E-state index in [1.165, 1.54) is 29.6 Å². The first-order valence-electron chi connectivity index (χ1n) is 7.84. The Morgan fingerprint density at radius 1 is 1.04 bits per heavy atom. The number of hydrogen-bond donors (Lipinski definition) is 1. The second-order valence-electron chi connectivity index (χ2n) is 5.61. The molecular weight excluding hydrogens is 366 g/mol. The second kappa shape index (κ2) is 6.78. The summed E-state index contributed by atoms with van der Waals surface area (Å²) in [5.41, 5.74) is 2.37. The number of amides is 1. The van der Waals surface area contributed by atoms with Crippen LogP contribution in [0, 0.1) is 0 Å². The molecule has 0 fully saturated rings. The van der Waals surface area contributed by atoms with Gasteiger partial charge in [0, 0.05) is 11.1 Å². The Hall–Kier alpha value is -2.90. The minimum absolute atomic E-state index is 0.00369. The molecule has 4 aromatic rings. The van der Waals surface area contributed by atoms with Gasteiger partial charge in [-0.15, -0.1) is 11.3 Å². The molecule has 1 N–H and O–H groups in total. The van der Waals surface area contributed by atoms with E-state index in [1.54, 1.807) is 24.4 Å². The van der Waals surface area contributed by atoms with Crippen LogP contribution in [0.25, 0.3) is 20.8 Å². The van der Waals surface area contributed by atoms with Crippen LogP contribution in [0.2, 0.25) is 0 Å². The summed E-state index contributed by atoms with van der Waals surface area (Å²) in [6.45, 7) is 1.53. The first kappa shape index (κ1) is 16.6. The predicted octanol–water partition coefficient (Wildman–Crippen LogP) is 4.87. The molecule has 7 heteroatoms. The summed E-state index contributed by atoms with van der Waals surface area (Å²) in [5, 5.41) is 4.11. The van der Waals surface area contributed by atoms with E-state index < -0.39 is 0 Å². The van der Waals surface area contributed by atoms with E-state index in [-0.39, 0.29) is 11.7 Å². The van der Waals surface area contributed by atoms with Gasteiger partial charge in [0.05, 0.1) is 16.4 Å². The zero-order valence-electron chi connectivity index (χ0n) is 13.7. The first-order chi connectivity index (χ1) is 12.6. The lowest BCUT2D eigenvalue weighted by atomic mass is 10.1. The van der Waals surface area contributed by atoms with Gasteiger partial charge in [-0.25, -0.2) is 9.97 Å². The number of carbonyl (C=O) groups is 2. The van der Waals surface area contributed by atoms with E-state index in [4.69, 9.17) is 0 Å². The third-order valence-electron chi connectivity index (χ3n) is 3.77. The standard InChI is InChI=1S/C19H13N3O2S2/c1-11(23)13-7-8-14-15(9-13)26-19(21-14)22-17(24)16-10-20-18(25-16)12-5-3-2-4-6-12/h2-10H,1H3,(H,21,22,24). The van der Waals surface area contributed by atoms with Crippen molar-refractivity contribution in [3.05, 3.63) is 65.2 Å². The van der Waals surface area contributed by atoms with Crippen LogP contribution in [0.1, 0.15) is 27.0 Å². The van der Waals surface area contributed by atoms with Crippen LogP contribution >= 0.6 is 22.7 Å². The normalized spacial score (nSPS) is 10.8. The molecule has 0 saturated carbocycles. The smallest absolute Gasteiger partial charge is 0.269 e. The van der Waals surface area contributed by atoms with Gasteiger partial charge in [0.1, 0.15) is 9.88 Å². The van der Waals surface area contributed by atoms with E-state index in [1.807, 2.05) is 30.3 Å². The molecule has 0 unspecified atom stereocenters. The van der Waals surface area contributed by atoms with Gasteiger partial charge < -0.3 is 0 Å². The molecule has 128 valence electrons. The van der Waals surface area contributed by atoms with E-state index in [0.717, 1.165) is 20.8 Å². The quantitative estimate of drug-likeness (QED) is 0.513. The van der Waals surface area contributed by atoms with Gasteiger partial charge >= 0.3 is 0 Å². The highest BCUT2D eigenvalue weighted by Gasteiger charge is 2.14. The molecule has 2 aromatic carbocycles. The molecular formula is C19H13N3O2S2. The molecule has 4 rings (SSSR count). The molecule has 26 heavy (non-hydrogen) atoms. The van der Waals surface area contributed by atoms with Crippen molar-refractivity contribution < 1.29 is 9.59 Å². The fraction of sp³-hybridized carbons (Fsp3) is 0.0526. The molecule has 0 aliphatic heterocycles. The second-order valence-corrected chi connectivity index (χ2v) is 7.67. The summed E-state index contributed by atoms with van der Waals surface area (Å²) >= 11 is 2.68. The van der Waals surface area contributed by atoms with Gasteiger partial charge in [0.15, 0.2) is 10.9 Å². The van der Waals surface area contributed by atoms with Crippen LogP contribution in [0.5, 0.6) is 0 Å². The average molecular weight is 379 g/mol. The minimum Gasteiger partial charge on any atom is -0.297 e. The van der Waals surface area contributed by atoms with E-state index >= 15 is 0 Å². The zero-order chi connectivity index (χ0) is 18.1. The number of Topliss-reactive ketones (excluding diaryl/α,β-unsaturated/α-hetero) is 1. The average Bonchev–Trinajstić information content (AvgIpc) is 3.28. The minimum atomic E-state index is -0.240. The van der Waals surface area contributed by atoms with Crippen molar-refractivity contribution in [3.8, 4) is 10.6 Å². The first-order valence-corrected chi connectivity index (χ1v) is 9.47. The third-order valence-corrected chi connectivity index (χ3v) is 5.74. The van der Waals surface area contributed by atoms with Crippen molar-refractivity contribution in [2.75, 3.05) is 5.32 Å². The van der Waals surface area contributed by atoms with Gasteiger partial charge in [-0.05, 0) is 25.1 Å². The number of hydrogen-bond acceptors (Lipinski definition) is 6. The largest absolute Gasteiger partial charge is 0.297 e. The lowest BCUT2D eigenvalue weighted by molar-refractivity contribution is 0.101. The topological polar surface area (TPSA) is 72.0 Å². The number of rotatable bonds is 4. The Bertz CT molecular complexity index is 1120. The summed E-state index contributed by atoms with van der Waals surface area (Å²) in [7, 11) is 0. The molecule has 0 saturated heterocycles. The fourth-order valence-corrected chi connectivity index (χ4v) is 4.17. The van der Waals surface area contributed by atoms with Crippen molar-refractivity contribution in [2.45, 2.75) is 6.92 Å². The Balaban J connectivity index is 1.56. The SMILES string of the molecule is CC(=O)c1ccc2nc(NC(=O)c3cnc(-c4ccccc4)s3)sc2c1. The lowest BCUT2D eigenvalue weighted by Gasteiger charge is -1.97. The van der Waals surface area contributed by atoms with Crippen LogP contribution in [0.15, 0.2) is 54.7 Å². The van der Waals surface area contributed by atoms with Crippen LogP contribution in [-0.2, 0) is 0 Å². The summed E-state index contributed by atoms with van der Waals surface area (Å²) in [6, 6.07) is 15.1. The third kappa shape index (κ3) is 3.26. The molecule has 0 bridgehead atoms. The highest BCUT2D eigenvalue weighted by atomic mass is 32.1. The number of aromatic nitrogens is 2. The molecule has 0 radical (unpaired) electrons. The maximum atomic E-state index is 12.5. The van der Waals surface area contributed by atoms with E-state index in [2.05, 4.69) is 15.3 Å². The number of nitrogens with one attached hydrogen (secondary N) is 1. The number of fused-ring (bicyclic) bond motifs is 1. The van der Waals surface area contributed by atoms with Gasteiger partial charge in [-0.1, -0.05) is 41.7 Å². The summed E-state index contributed by atoms with van der Waals surface area (Å²) in [4.78, 5) is 33.2. The Labute approximate surface area is 157 Å². The van der Waals surface area contributed by atoms with E-state index in [9.17, 15) is 9.59 Å². The molecule has 2 aromatic heterocycles. The van der Waals surface area contributed by atoms with Gasteiger partial charge in [0.25, 0.3) is 5.91 Å².